The molecule has 1 amide bonds. The van der Waals surface area contributed by atoms with E-state index in [1.54, 1.807) is 0 Å². The number of nitrogens with zero attached hydrogens (tertiary/aromatic N) is 2. The smallest absolute Gasteiger partial charge is 0.223 e. The first-order valence-electron chi connectivity index (χ1n) is 7.32. The Kier molecular flexibility index (Phi) is 4.00. The second kappa shape index (κ2) is 5.20. The van der Waals surface area contributed by atoms with E-state index in [-0.39, 0.29) is 0 Å². The second-order valence-corrected chi connectivity index (χ2v) is 7.32. The van der Waals surface area contributed by atoms with Crippen molar-refractivity contribution in [3.8, 4) is 0 Å². The maximum absolute atomic E-state index is 12.0. The normalized spacial score (nSPS) is 21.3. The molecule has 1 aliphatic heterocycles. The van der Waals surface area contributed by atoms with Crippen molar-refractivity contribution in [2.45, 2.75) is 40.0 Å². The van der Waals surface area contributed by atoms with Crippen LogP contribution in [0, 0.1) is 17.3 Å². The van der Waals surface area contributed by atoms with Crippen molar-refractivity contribution >= 4 is 5.91 Å². The van der Waals surface area contributed by atoms with Gasteiger partial charge >= 0.3 is 0 Å². The van der Waals surface area contributed by atoms with E-state index in [9.17, 15) is 4.79 Å². The summed E-state index contributed by atoms with van der Waals surface area (Å²) in [5.41, 5.74) is 0.347. The quantitative estimate of drug-likeness (QED) is 0.749. The summed E-state index contributed by atoms with van der Waals surface area (Å²) >= 11 is 0. The van der Waals surface area contributed by atoms with Gasteiger partial charge < -0.3 is 9.80 Å². The largest absolute Gasteiger partial charge is 0.342 e. The first kappa shape index (κ1) is 13.9. The standard InChI is InChI=1S/C15H28N2O/c1-15(2,3)13-10-17(11-13)14(18)7-8-16(4)9-12-5-6-12/h12-13H,5-11H2,1-4H3. The summed E-state index contributed by atoms with van der Waals surface area (Å²) in [6, 6.07) is 0. The molecule has 3 heteroatoms. The van der Waals surface area contributed by atoms with E-state index in [0.29, 0.717) is 23.7 Å². The molecule has 0 bridgehead atoms. The number of hydrogen-bond acceptors (Lipinski definition) is 2. The van der Waals surface area contributed by atoms with Gasteiger partial charge in [0.15, 0.2) is 0 Å². The van der Waals surface area contributed by atoms with Crippen molar-refractivity contribution in [3.05, 3.63) is 0 Å². The number of carbonyl (C=O) groups excluding carboxylic acids is 1. The van der Waals surface area contributed by atoms with Gasteiger partial charge in [0, 0.05) is 32.6 Å². The van der Waals surface area contributed by atoms with Gasteiger partial charge in [-0.2, -0.15) is 0 Å². The minimum Gasteiger partial charge on any atom is -0.342 e. The molecule has 1 aliphatic carbocycles. The molecule has 0 unspecified atom stereocenters. The summed E-state index contributed by atoms with van der Waals surface area (Å²) in [6.45, 7) is 10.8. The van der Waals surface area contributed by atoms with Gasteiger partial charge in [-0.05, 0) is 37.1 Å². The molecule has 0 aromatic carbocycles. The van der Waals surface area contributed by atoms with Crippen LogP contribution in [0.1, 0.15) is 40.0 Å². The van der Waals surface area contributed by atoms with Crippen LogP contribution in [0.3, 0.4) is 0 Å². The summed E-state index contributed by atoms with van der Waals surface area (Å²) < 4.78 is 0. The third kappa shape index (κ3) is 3.71. The Morgan fingerprint density at radius 3 is 2.39 bits per heavy atom. The van der Waals surface area contributed by atoms with E-state index >= 15 is 0 Å². The Bertz CT molecular complexity index is 298. The fourth-order valence-corrected chi connectivity index (χ4v) is 2.51. The molecule has 2 rings (SSSR count). The van der Waals surface area contributed by atoms with Gasteiger partial charge in [-0.3, -0.25) is 4.79 Å². The first-order chi connectivity index (χ1) is 8.36. The van der Waals surface area contributed by atoms with Crippen molar-refractivity contribution in [3.63, 3.8) is 0 Å². The monoisotopic (exact) mass is 252 g/mol. The lowest BCUT2D eigenvalue weighted by Gasteiger charge is -2.46. The van der Waals surface area contributed by atoms with Crippen LogP contribution in [0.5, 0.6) is 0 Å². The molecular weight excluding hydrogens is 224 g/mol. The average Bonchev–Trinajstić information content (AvgIpc) is 2.93. The summed E-state index contributed by atoms with van der Waals surface area (Å²) in [6.07, 6.45) is 3.47. The number of hydrogen-bond donors (Lipinski definition) is 0. The van der Waals surface area contributed by atoms with Crippen LogP contribution in [0.15, 0.2) is 0 Å². The van der Waals surface area contributed by atoms with Crippen molar-refractivity contribution in [2.75, 3.05) is 33.2 Å². The second-order valence-electron chi connectivity index (χ2n) is 7.32. The van der Waals surface area contributed by atoms with Crippen LogP contribution in [-0.2, 0) is 4.79 Å². The molecular formula is C15H28N2O. The van der Waals surface area contributed by atoms with Crippen molar-refractivity contribution < 1.29 is 4.79 Å². The molecule has 0 atom stereocenters. The molecule has 0 aromatic heterocycles. The van der Waals surface area contributed by atoms with Gasteiger partial charge in [0.2, 0.25) is 5.91 Å². The van der Waals surface area contributed by atoms with Crippen LogP contribution < -0.4 is 0 Å². The van der Waals surface area contributed by atoms with Crippen LogP contribution in [0.2, 0.25) is 0 Å². The maximum atomic E-state index is 12.0. The minimum atomic E-state index is 0.346. The lowest BCUT2D eigenvalue weighted by molar-refractivity contribution is -0.140. The Morgan fingerprint density at radius 2 is 1.89 bits per heavy atom. The van der Waals surface area contributed by atoms with Gasteiger partial charge in [-0.25, -0.2) is 0 Å². The zero-order chi connectivity index (χ0) is 13.3. The molecule has 1 heterocycles. The van der Waals surface area contributed by atoms with E-state index in [1.807, 2.05) is 4.90 Å². The van der Waals surface area contributed by atoms with E-state index in [0.717, 1.165) is 25.6 Å². The molecule has 0 N–H and O–H groups in total. The molecule has 104 valence electrons. The average molecular weight is 252 g/mol. The Balaban J connectivity index is 1.61. The number of amides is 1. The predicted molar refractivity (Wildman–Crippen MR) is 74.4 cm³/mol. The van der Waals surface area contributed by atoms with Gasteiger partial charge in [-0.15, -0.1) is 0 Å². The van der Waals surface area contributed by atoms with Gasteiger partial charge in [0.1, 0.15) is 0 Å². The molecule has 2 fully saturated rings. The van der Waals surface area contributed by atoms with E-state index in [2.05, 4.69) is 32.7 Å². The molecule has 1 saturated carbocycles. The summed E-state index contributed by atoms with van der Waals surface area (Å²) in [7, 11) is 2.14. The summed E-state index contributed by atoms with van der Waals surface area (Å²) in [4.78, 5) is 16.3. The third-order valence-electron chi connectivity index (χ3n) is 4.43. The van der Waals surface area contributed by atoms with Crippen molar-refractivity contribution in [1.82, 2.24) is 9.80 Å². The lowest BCUT2D eigenvalue weighted by Crippen LogP contribution is -2.54. The molecule has 0 radical (unpaired) electrons. The SMILES string of the molecule is CN(CCC(=O)N1CC(C(C)(C)C)C1)CC1CC1. The van der Waals surface area contributed by atoms with Crippen LogP contribution in [0.25, 0.3) is 0 Å². The highest BCUT2D eigenvalue weighted by Crippen LogP contribution is 2.33. The van der Waals surface area contributed by atoms with Crippen molar-refractivity contribution in [1.29, 1.82) is 0 Å². The zero-order valence-electron chi connectivity index (χ0n) is 12.4. The van der Waals surface area contributed by atoms with Crippen molar-refractivity contribution in [2.24, 2.45) is 17.3 Å². The lowest BCUT2D eigenvalue weighted by atomic mass is 9.76. The van der Waals surface area contributed by atoms with Crippen LogP contribution in [-0.4, -0.2) is 48.9 Å². The fraction of sp³-hybridized carbons (Fsp3) is 0.933. The Labute approximate surface area is 112 Å². The topological polar surface area (TPSA) is 23.6 Å². The highest BCUT2D eigenvalue weighted by molar-refractivity contribution is 5.77. The molecule has 2 aliphatic rings. The molecule has 18 heavy (non-hydrogen) atoms. The van der Waals surface area contributed by atoms with Crippen LogP contribution in [0.4, 0.5) is 0 Å². The third-order valence-corrected chi connectivity index (χ3v) is 4.43. The predicted octanol–water partition coefficient (Wildman–Crippen LogP) is 2.22. The maximum Gasteiger partial charge on any atom is 0.223 e. The molecule has 0 aromatic rings. The zero-order valence-corrected chi connectivity index (χ0v) is 12.4. The number of rotatable bonds is 5. The van der Waals surface area contributed by atoms with E-state index < -0.39 is 0 Å². The fourth-order valence-electron chi connectivity index (χ4n) is 2.51. The molecule has 0 spiro atoms. The first-order valence-corrected chi connectivity index (χ1v) is 7.32. The summed E-state index contributed by atoms with van der Waals surface area (Å²) in [5.74, 6) is 1.95. The Morgan fingerprint density at radius 1 is 1.28 bits per heavy atom. The van der Waals surface area contributed by atoms with Gasteiger partial charge in [0.05, 0.1) is 0 Å². The minimum absolute atomic E-state index is 0.346. The Hall–Kier alpha value is -0.570. The van der Waals surface area contributed by atoms with Crippen LogP contribution >= 0.6 is 0 Å². The van der Waals surface area contributed by atoms with E-state index in [1.165, 1.54) is 19.4 Å². The van der Waals surface area contributed by atoms with Gasteiger partial charge in [-0.1, -0.05) is 20.8 Å². The molecule has 3 nitrogen and oxygen atoms in total. The molecule has 1 saturated heterocycles. The number of likely N-dealkylation sites (tertiary alicyclic amines) is 1. The van der Waals surface area contributed by atoms with E-state index in [4.69, 9.17) is 0 Å². The highest BCUT2D eigenvalue weighted by atomic mass is 16.2. The van der Waals surface area contributed by atoms with Gasteiger partial charge in [0.25, 0.3) is 0 Å². The highest BCUT2D eigenvalue weighted by Gasteiger charge is 2.37. The summed E-state index contributed by atoms with van der Waals surface area (Å²) in [5, 5.41) is 0. The number of carbonyl (C=O) groups is 1.